The number of benzene rings is 2. The number of nitrogens with one attached hydrogen (secondary N) is 1. The van der Waals surface area contributed by atoms with Crippen molar-refractivity contribution < 1.29 is 19.4 Å². The zero-order chi connectivity index (χ0) is 21.1. The molecule has 2 aromatic carbocycles. The Balaban J connectivity index is 1.34. The number of rotatable bonds is 6. The summed E-state index contributed by atoms with van der Waals surface area (Å²) in [6.45, 7) is 3.13. The van der Waals surface area contributed by atoms with Gasteiger partial charge < -0.3 is 19.9 Å². The number of amides is 1. The van der Waals surface area contributed by atoms with E-state index in [1.165, 1.54) is 6.92 Å². The minimum Gasteiger partial charge on any atom is -0.489 e. The fourth-order valence-corrected chi connectivity index (χ4v) is 4.46. The molecule has 4 rings (SSSR count). The lowest BCUT2D eigenvalue weighted by Gasteiger charge is -2.28. The van der Waals surface area contributed by atoms with Gasteiger partial charge in [0.2, 0.25) is 5.91 Å². The van der Waals surface area contributed by atoms with Crippen molar-refractivity contribution >= 4 is 23.2 Å². The van der Waals surface area contributed by atoms with Crippen molar-refractivity contribution in [3.05, 3.63) is 53.6 Å². The highest BCUT2D eigenvalue weighted by Crippen LogP contribution is 2.34. The van der Waals surface area contributed by atoms with E-state index in [-0.39, 0.29) is 24.2 Å². The average Bonchev–Trinajstić information content (AvgIpc) is 3.32. The molecule has 1 aliphatic carbocycles. The number of carbonyl (C=O) groups excluding carboxylic acids is 1. The quantitative estimate of drug-likeness (QED) is 0.730. The van der Waals surface area contributed by atoms with E-state index in [0.29, 0.717) is 16.5 Å². The maximum Gasteiger partial charge on any atom is 0.221 e. The molecule has 1 saturated carbocycles. The molecule has 4 atom stereocenters. The largest absolute Gasteiger partial charge is 0.489 e. The van der Waals surface area contributed by atoms with E-state index in [0.717, 1.165) is 38.1 Å². The van der Waals surface area contributed by atoms with E-state index < -0.39 is 6.10 Å². The van der Waals surface area contributed by atoms with Crippen LogP contribution in [0.2, 0.25) is 5.02 Å². The van der Waals surface area contributed by atoms with Gasteiger partial charge in [0.25, 0.3) is 0 Å². The van der Waals surface area contributed by atoms with Crippen molar-refractivity contribution in [2.24, 2.45) is 0 Å². The molecule has 6 nitrogen and oxygen atoms in total. The fourth-order valence-electron chi connectivity index (χ4n) is 4.33. The van der Waals surface area contributed by atoms with Crippen LogP contribution >= 0.6 is 11.6 Å². The van der Waals surface area contributed by atoms with Gasteiger partial charge >= 0.3 is 0 Å². The minimum absolute atomic E-state index is 0.0433. The van der Waals surface area contributed by atoms with Crippen LogP contribution < -0.4 is 14.8 Å². The van der Waals surface area contributed by atoms with Gasteiger partial charge in [0.05, 0.1) is 5.69 Å². The van der Waals surface area contributed by atoms with Crippen LogP contribution in [0.1, 0.15) is 26.2 Å². The molecule has 2 aromatic rings. The topological polar surface area (TPSA) is 71.0 Å². The van der Waals surface area contributed by atoms with E-state index in [1.807, 2.05) is 42.5 Å². The zero-order valence-electron chi connectivity index (χ0n) is 17.0. The standard InChI is InChI=1S/C23H27ClN2O4/c1-15(27)25-19-4-2-3-5-21(19)30-22-11-10-20(23(22)28)26-13-12-18(14-26)29-17-8-6-16(24)7-9-17/h2-9,18,20,22-23,28H,10-14H2,1H3,(H,25,27)/t18?,20-,22-,23+/m0/s1. The molecule has 1 aliphatic heterocycles. The molecule has 0 aromatic heterocycles. The Morgan fingerprint density at radius 1 is 1.10 bits per heavy atom. The van der Waals surface area contributed by atoms with Crippen molar-refractivity contribution in [1.82, 2.24) is 4.90 Å². The molecule has 2 fully saturated rings. The van der Waals surface area contributed by atoms with Crippen molar-refractivity contribution in [3.8, 4) is 11.5 Å². The third-order valence-electron chi connectivity index (χ3n) is 5.76. The van der Waals surface area contributed by atoms with Crippen LogP contribution in [0.4, 0.5) is 5.69 Å². The van der Waals surface area contributed by atoms with Gasteiger partial charge in [0, 0.05) is 31.1 Å². The summed E-state index contributed by atoms with van der Waals surface area (Å²) in [6, 6.07) is 14.8. The highest BCUT2D eigenvalue weighted by Gasteiger charge is 2.42. The van der Waals surface area contributed by atoms with E-state index in [4.69, 9.17) is 21.1 Å². The predicted octanol–water partition coefficient (Wildman–Crippen LogP) is 3.72. The van der Waals surface area contributed by atoms with E-state index >= 15 is 0 Å². The highest BCUT2D eigenvalue weighted by molar-refractivity contribution is 6.30. The smallest absolute Gasteiger partial charge is 0.221 e. The molecule has 1 saturated heterocycles. The molecule has 0 spiro atoms. The Hall–Kier alpha value is -2.28. The number of hydrogen-bond donors (Lipinski definition) is 2. The number of ether oxygens (including phenoxy) is 2. The van der Waals surface area contributed by atoms with Gasteiger partial charge in [-0.15, -0.1) is 0 Å². The Bertz CT molecular complexity index is 876. The number of hydrogen-bond acceptors (Lipinski definition) is 5. The first-order chi connectivity index (χ1) is 14.5. The van der Waals surface area contributed by atoms with Gasteiger partial charge in [0.15, 0.2) is 0 Å². The highest BCUT2D eigenvalue weighted by atomic mass is 35.5. The van der Waals surface area contributed by atoms with Gasteiger partial charge in [-0.3, -0.25) is 9.69 Å². The SMILES string of the molecule is CC(=O)Nc1ccccc1O[C@H]1CC[C@H](N2CCC(Oc3ccc(Cl)cc3)C2)[C@H]1O. The van der Waals surface area contributed by atoms with Crippen LogP contribution in [0.15, 0.2) is 48.5 Å². The maximum atomic E-state index is 11.4. The number of likely N-dealkylation sites (tertiary alicyclic amines) is 1. The van der Waals surface area contributed by atoms with Crippen LogP contribution in [0.3, 0.4) is 0 Å². The van der Waals surface area contributed by atoms with Crippen LogP contribution in [0, 0.1) is 0 Å². The maximum absolute atomic E-state index is 11.4. The molecular formula is C23H27ClN2O4. The predicted molar refractivity (Wildman–Crippen MR) is 116 cm³/mol. The molecule has 1 unspecified atom stereocenters. The number of nitrogens with zero attached hydrogens (tertiary/aromatic N) is 1. The monoisotopic (exact) mass is 430 g/mol. The van der Waals surface area contributed by atoms with Crippen LogP contribution in [0.25, 0.3) is 0 Å². The van der Waals surface area contributed by atoms with E-state index in [9.17, 15) is 9.90 Å². The molecule has 1 heterocycles. The van der Waals surface area contributed by atoms with Crippen molar-refractivity contribution in [3.63, 3.8) is 0 Å². The molecule has 30 heavy (non-hydrogen) atoms. The van der Waals surface area contributed by atoms with Crippen LogP contribution in [0.5, 0.6) is 11.5 Å². The number of para-hydroxylation sites is 2. The molecule has 0 bridgehead atoms. The van der Waals surface area contributed by atoms with Gasteiger partial charge in [-0.2, -0.15) is 0 Å². The summed E-state index contributed by atoms with van der Waals surface area (Å²) in [5.41, 5.74) is 0.623. The van der Waals surface area contributed by atoms with Gasteiger partial charge in [-0.05, 0) is 55.7 Å². The Morgan fingerprint density at radius 3 is 2.63 bits per heavy atom. The van der Waals surface area contributed by atoms with Crippen molar-refractivity contribution in [1.29, 1.82) is 0 Å². The molecule has 1 amide bonds. The second-order valence-corrected chi connectivity index (χ2v) is 8.38. The third kappa shape index (κ3) is 4.89. The summed E-state index contributed by atoms with van der Waals surface area (Å²) in [7, 11) is 0. The average molecular weight is 431 g/mol. The number of halogens is 1. The summed E-state index contributed by atoms with van der Waals surface area (Å²) in [4.78, 5) is 13.7. The van der Waals surface area contributed by atoms with E-state index in [2.05, 4.69) is 10.2 Å². The van der Waals surface area contributed by atoms with Crippen molar-refractivity contribution in [2.45, 2.75) is 50.5 Å². The fraction of sp³-hybridized carbons (Fsp3) is 0.435. The normalized spacial score (nSPS) is 26.5. The van der Waals surface area contributed by atoms with Crippen molar-refractivity contribution in [2.75, 3.05) is 18.4 Å². The number of aliphatic hydroxyl groups excluding tert-OH is 1. The van der Waals surface area contributed by atoms with Crippen LogP contribution in [-0.4, -0.2) is 53.4 Å². The third-order valence-corrected chi connectivity index (χ3v) is 6.01. The Kier molecular flexibility index (Phi) is 6.46. The molecule has 2 aliphatic rings. The van der Waals surface area contributed by atoms with E-state index in [1.54, 1.807) is 6.07 Å². The lowest BCUT2D eigenvalue weighted by Crippen LogP contribution is -2.44. The first-order valence-electron chi connectivity index (χ1n) is 10.4. The number of aliphatic hydroxyl groups is 1. The van der Waals surface area contributed by atoms with Gasteiger partial charge in [-0.1, -0.05) is 23.7 Å². The summed E-state index contributed by atoms with van der Waals surface area (Å²) in [5.74, 6) is 1.25. The molecule has 0 radical (unpaired) electrons. The first kappa shape index (κ1) is 21.0. The second-order valence-electron chi connectivity index (χ2n) is 7.95. The molecular weight excluding hydrogens is 404 g/mol. The Labute approximate surface area is 181 Å². The molecule has 160 valence electrons. The summed E-state index contributed by atoms with van der Waals surface area (Å²) in [6.07, 6.45) is 1.74. The minimum atomic E-state index is -0.593. The van der Waals surface area contributed by atoms with Gasteiger partial charge in [-0.25, -0.2) is 0 Å². The summed E-state index contributed by atoms with van der Waals surface area (Å²) < 4.78 is 12.2. The van der Waals surface area contributed by atoms with Crippen LogP contribution in [-0.2, 0) is 4.79 Å². The summed E-state index contributed by atoms with van der Waals surface area (Å²) >= 11 is 5.94. The number of carbonyl (C=O) groups is 1. The first-order valence-corrected chi connectivity index (χ1v) is 10.7. The second kappa shape index (κ2) is 9.25. The lowest BCUT2D eigenvalue weighted by molar-refractivity contribution is -0.114. The number of anilines is 1. The Morgan fingerprint density at radius 2 is 1.87 bits per heavy atom. The molecule has 7 heteroatoms. The molecule has 2 N–H and O–H groups in total. The zero-order valence-corrected chi connectivity index (χ0v) is 17.7. The van der Waals surface area contributed by atoms with Gasteiger partial charge in [0.1, 0.15) is 29.8 Å². The lowest BCUT2D eigenvalue weighted by atomic mass is 10.1. The summed E-state index contributed by atoms with van der Waals surface area (Å²) in [5, 5.41) is 14.4.